The molecule has 1 N–H and O–H groups in total. The number of benzene rings is 1. The predicted octanol–water partition coefficient (Wildman–Crippen LogP) is 2.06. The third-order valence-corrected chi connectivity index (χ3v) is 4.87. The first-order valence-electron chi connectivity index (χ1n) is 7.83. The van der Waals surface area contributed by atoms with Crippen molar-refractivity contribution in [2.75, 3.05) is 39.9 Å². The van der Waals surface area contributed by atoms with Crippen LogP contribution in [0.2, 0.25) is 0 Å². The Balaban J connectivity index is 1.68. The number of fused-ring (bicyclic) bond motifs is 1. The molecule has 0 aromatic heterocycles. The van der Waals surface area contributed by atoms with Crippen molar-refractivity contribution in [3.63, 3.8) is 0 Å². The minimum absolute atomic E-state index is 0.402. The molecule has 1 aromatic rings. The van der Waals surface area contributed by atoms with Gasteiger partial charge in [0.2, 0.25) is 0 Å². The minimum Gasteiger partial charge on any atom is -0.381 e. The second kappa shape index (κ2) is 6.25. The summed E-state index contributed by atoms with van der Waals surface area (Å²) in [6.45, 7) is 6.46. The number of nitrogens with zero attached hydrogens (tertiary/aromatic N) is 1. The third-order valence-electron chi connectivity index (χ3n) is 4.87. The maximum Gasteiger partial charge on any atom is 0.0472 e. The Morgan fingerprint density at radius 2 is 1.95 bits per heavy atom. The highest BCUT2D eigenvalue weighted by atomic mass is 16.5. The molecule has 1 fully saturated rings. The van der Waals surface area contributed by atoms with E-state index in [2.05, 4.69) is 41.5 Å². The lowest BCUT2D eigenvalue weighted by molar-refractivity contribution is -0.00571. The zero-order valence-electron chi connectivity index (χ0n) is 12.5. The monoisotopic (exact) mass is 274 g/mol. The predicted molar refractivity (Wildman–Crippen MR) is 81.8 cm³/mol. The van der Waals surface area contributed by atoms with Gasteiger partial charge in [0.1, 0.15) is 0 Å². The van der Waals surface area contributed by atoms with Gasteiger partial charge in [-0.3, -0.25) is 4.90 Å². The summed E-state index contributed by atoms with van der Waals surface area (Å²) in [4.78, 5) is 2.64. The van der Waals surface area contributed by atoms with Gasteiger partial charge < -0.3 is 10.1 Å². The number of nitrogens with one attached hydrogen (secondary N) is 1. The molecule has 110 valence electrons. The van der Waals surface area contributed by atoms with E-state index >= 15 is 0 Å². The Morgan fingerprint density at radius 3 is 2.70 bits per heavy atom. The summed E-state index contributed by atoms with van der Waals surface area (Å²) >= 11 is 0. The van der Waals surface area contributed by atoms with E-state index in [-0.39, 0.29) is 0 Å². The van der Waals surface area contributed by atoms with Crippen LogP contribution >= 0.6 is 0 Å². The van der Waals surface area contributed by atoms with Crippen LogP contribution in [0, 0.1) is 5.41 Å². The highest BCUT2D eigenvalue weighted by Gasteiger charge is 2.34. The average molecular weight is 274 g/mol. The van der Waals surface area contributed by atoms with Gasteiger partial charge in [-0.25, -0.2) is 0 Å². The van der Waals surface area contributed by atoms with E-state index in [0.717, 1.165) is 26.3 Å². The van der Waals surface area contributed by atoms with Gasteiger partial charge in [0, 0.05) is 39.4 Å². The van der Waals surface area contributed by atoms with Crippen molar-refractivity contribution in [3.05, 3.63) is 35.4 Å². The molecular weight excluding hydrogens is 248 g/mol. The SMILES string of the molecule is CNCC1(CN2CCc3ccccc3C2)CCOCC1. The average Bonchev–Trinajstić information content (AvgIpc) is 2.48. The van der Waals surface area contributed by atoms with Crippen LogP contribution in [-0.2, 0) is 17.7 Å². The van der Waals surface area contributed by atoms with Crippen molar-refractivity contribution in [3.8, 4) is 0 Å². The molecule has 0 unspecified atom stereocenters. The Bertz CT molecular complexity index is 435. The molecule has 2 heterocycles. The van der Waals surface area contributed by atoms with Crippen LogP contribution in [0.15, 0.2) is 24.3 Å². The smallest absolute Gasteiger partial charge is 0.0472 e. The number of hydrogen-bond donors (Lipinski definition) is 1. The summed E-state index contributed by atoms with van der Waals surface area (Å²) in [5.41, 5.74) is 3.46. The van der Waals surface area contributed by atoms with Crippen molar-refractivity contribution >= 4 is 0 Å². The van der Waals surface area contributed by atoms with Crippen LogP contribution in [0.1, 0.15) is 24.0 Å². The van der Waals surface area contributed by atoms with Crippen molar-refractivity contribution < 1.29 is 4.74 Å². The van der Waals surface area contributed by atoms with Crippen molar-refractivity contribution in [1.82, 2.24) is 10.2 Å². The second-order valence-electron chi connectivity index (χ2n) is 6.37. The highest BCUT2D eigenvalue weighted by molar-refractivity contribution is 5.29. The summed E-state index contributed by atoms with van der Waals surface area (Å²) in [7, 11) is 2.07. The number of rotatable bonds is 4. The maximum absolute atomic E-state index is 5.57. The fourth-order valence-electron chi connectivity index (χ4n) is 3.73. The van der Waals surface area contributed by atoms with Gasteiger partial charge in [-0.05, 0) is 42.9 Å². The standard InChI is InChI=1S/C17H26N2O/c1-18-13-17(7-10-20-11-8-17)14-19-9-6-15-4-2-3-5-16(15)12-19/h2-5,18H,6-14H2,1H3. The molecule has 1 saturated heterocycles. The lowest BCUT2D eigenvalue weighted by Gasteiger charge is -2.42. The lowest BCUT2D eigenvalue weighted by Crippen LogP contribution is -2.47. The first-order chi connectivity index (χ1) is 9.81. The van der Waals surface area contributed by atoms with Crippen molar-refractivity contribution in [2.45, 2.75) is 25.8 Å². The zero-order valence-corrected chi connectivity index (χ0v) is 12.5. The Labute approximate surface area is 122 Å². The summed E-state index contributed by atoms with van der Waals surface area (Å²) in [5, 5.41) is 3.40. The quantitative estimate of drug-likeness (QED) is 0.909. The second-order valence-corrected chi connectivity index (χ2v) is 6.37. The van der Waals surface area contributed by atoms with E-state index < -0.39 is 0 Å². The molecule has 3 nitrogen and oxygen atoms in total. The van der Waals surface area contributed by atoms with E-state index in [1.807, 2.05) is 0 Å². The third kappa shape index (κ3) is 3.05. The van der Waals surface area contributed by atoms with E-state index in [4.69, 9.17) is 4.74 Å². The van der Waals surface area contributed by atoms with Gasteiger partial charge in [-0.2, -0.15) is 0 Å². The van der Waals surface area contributed by atoms with Crippen molar-refractivity contribution in [2.24, 2.45) is 5.41 Å². The Morgan fingerprint density at radius 1 is 1.20 bits per heavy atom. The molecule has 0 radical (unpaired) electrons. The number of hydrogen-bond acceptors (Lipinski definition) is 3. The van der Waals surface area contributed by atoms with E-state index in [0.29, 0.717) is 5.41 Å². The summed E-state index contributed by atoms with van der Waals surface area (Å²) in [6, 6.07) is 8.90. The fourth-order valence-corrected chi connectivity index (χ4v) is 3.73. The van der Waals surface area contributed by atoms with Gasteiger partial charge >= 0.3 is 0 Å². The maximum atomic E-state index is 5.57. The highest BCUT2D eigenvalue weighted by Crippen LogP contribution is 2.32. The van der Waals surface area contributed by atoms with Crippen LogP contribution in [0.25, 0.3) is 0 Å². The minimum atomic E-state index is 0.402. The van der Waals surface area contributed by atoms with Gasteiger partial charge in [0.05, 0.1) is 0 Å². The zero-order chi connectivity index (χ0) is 13.8. The van der Waals surface area contributed by atoms with Crippen LogP contribution in [0.4, 0.5) is 0 Å². The van der Waals surface area contributed by atoms with Crippen LogP contribution in [0.3, 0.4) is 0 Å². The molecular formula is C17H26N2O. The van der Waals surface area contributed by atoms with Gasteiger partial charge in [0.15, 0.2) is 0 Å². The molecule has 2 aliphatic heterocycles. The van der Waals surface area contributed by atoms with E-state index in [1.165, 1.54) is 37.9 Å². The molecule has 0 saturated carbocycles. The lowest BCUT2D eigenvalue weighted by atomic mass is 9.79. The largest absolute Gasteiger partial charge is 0.381 e. The number of ether oxygens (including phenoxy) is 1. The normalized spacial score (nSPS) is 22.4. The molecule has 1 aromatic carbocycles. The van der Waals surface area contributed by atoms with Gasteiger partial charge in [-0.1, -0.05) is 24.3 Å². The summed E-state index contributed by atoms with van der Waals surface area (Å²) in [6.07, 6.45) is 3.57. The molecule has 0 amide bonds. The van der Waals surface area contributed by atoms with E-state index in [1.54, 1.807) is 5.56 Å². The summed E-state index contributed by atoms with van der Waals surface area (Å²) < 4.78 is 5.57. The van der Waals surface area contributed by atoms with Crippen LogP contribution in [-0.4, -0.2) is 44.8 Å². The van der Waals surface area contributed by atoms with Gasteiger partial charge in [0.25, 0.3) is 0 Å². The molecule has 3 heteroatoms. The van der Waals surface area contributed by atoms with Gasteiger partial charge in [-0.15, -0.1) is 0 Å². The van der Waals surface area contributed by atoms with E-state index in [9.17, 15) is 0 Å². The Hall–Kier alpha value is -0.900. The van der Waals surface area contributed by atoms with Crippen LogP contribution < -0.4 is 5.32 Å². The molecule has 0 atom stereocenters. The fraction of sp³-hybridized carbons (Fsp3) is 0.647. The Kier molecular flexibility index (Phi) is 4.39. The molecule has 20 heavy (non-hydrogen) atoms. The van der Waals surface area contributed by atoms with Crippen LogP contribution in [0.5, 0.6) is 0 Å². The van der Waals surface area contributed by atoms with Crippen molar-refractivity contribution in [1.29, 1.82) is 0 Å². The topological polar surface area (TPSA) is 24.5 Å². The first-order valence-corrected chi connectivity index (χ1v) is 7.83. The molecule has 0 bridgehead atoms. The molecule has 3 rings (SSSR count). The molecule has 0 aliphatic carbocycles. The first kappa shape index (κ1) is 14.1. The molecule has 2 aliphatic rings. The summed E-state index contributed by atoms with van der Waals surface area (Å²) in [5.74, 6) is 0. The molecule has 0 spiro atoms.